The summed E-state index contributed by atoms with van der Waals surface area (Å²) in [6.45, 7) is 5.18. The van der Waals surface area contributed by atoms with Crippen molar-refractivity contribution in [2.45, 2.75) is 20.3 Å². The maximum absolute atomic E-state index is 5.23. The van der Waals surface area contributed by atoms with E-state index in [4.69, 9.17) is 5.73 Å². The van der Waals surface area contributed by atoms with Gasteiger partial charge in [0, 0.05) is 0 Å². The second-order valence-corrected chi connectivity index (χ2v) is 1.97. The van der Waals surface area contributed by atoms with Crippen molar-refractivity contribution in [2.75, 3.05) is 6.54 Å². The van der Waals surface area contributed by atoms with Crippen molar-refractivity contribution in [1.29, 1.82) is 0 Å². The first-order valence-corrected chi connectivity index (χ1v) is 2.47. The van der Waals surface area contributed by atoms with Gasteiger partial charge >= 0.3 is 0 Å². The Balaban J connectivity index is -0.0000000208. The summed E-state index contributed by atoms with van der Waals surface area (Å²) in [5, 5.41) is 0. The average molecular weight is 233 g/mol. The summed E-state index contributed by atoms with van der Waals surface area (Å²) in [6, 6.07) is 0. The molecule has 0 aromatic carbocycles. The second kappa shape index (κ2) is 22.5. The summed E-state index contributed by atoms with van der Waals surface area (Å²) in [6.07, 6.45) is 1.15. The van der Waals surface area contributed by atoms with Gasteiger partial charge in [0.25, 0.3) is 0 Å². The van der Waals surface area contributed by atoms with Gasteiger partial charge in [-0.15, -0.1) is 49.6 Å². The van der Waals surface area contributed by atoms with Gasteiger partial charge in [0.05, 0.1) is 0 Å². The Morgan fingerprint density at radius 3 is 1.30 bits per heavy atom. The third-order valence-corrected chi connectivity index (χ3v) is 0.744. The molecule has 0 bridgehead atoms. The molecule has 0 unspecified atom stereocenters. The highest BCUT2D eigenvalue weighted by Crippen LogP contribution is 1.93. The molecule has 0 aromatic heterocycles. The van der Waals surface area contributed by atoms with E-state index in [9.17, 15) is 0 Å². The van der Waals surface area contributed by atoms with E-state index in [2.05, 4.69) is 13.8 Å². The van der Waals surface area contributed by atoms with Crippen LogP contribution in [0.2, 0.25) is 0 Å². The molecular weight excluding hydrogens is 216 g/mol. The van der Waals surface area contributed by atoms with Gasteiger partial charge in [-0.05, 0) is 18.9 Å². The molecule has 0 aliphatic heterocycles. The second-order valence-electron chi connectivity index (χ2n) is 1.97. The highest BCUT2D eigenvalue weighted by Gasteiger charge is 1.85. The van der Waals surface area contributed by atoms with E-state index in [0.717, 1.165) is 18.9 Å². The summed E-state index contributed by atoms with van der Waals surface area (Å²) in [5.74, 6) is 0.773. The lowest BCUT2D eigenvalue weighted by Crippen LogP contribution is -2.01. The zero-order valence-corrected chi connectivity index (χ0v) is 9.47. The summed E-state index contributed by atoms with van der Waals surface area (Å²) >= 11 is 0. The van der Waals surface area contributed by atoms with Gasteiger partial charge in [0.1, 0.15) is 0 Å². The van der Waals surface area contributed by atoms with Gasteiger partial charge in [-0.3, -0.25) is 0 Å². The fraction of sp³-hybridized carbons (Fsp3) is 1.00. The van der Waals surface area contributed by atoms with Crippen LogP contribution in [0.3, 0.4) is 0 Å². The Morgan fingerprint density at radius 1 is 1.00 bits per heavy atom. The van der Waals surface area contributed by atoms with E-state index < -0.39 is 0 Å². The molecule has 0 rings (SSSR count). The minimum Gasteiger partial charge on any atom is -0.330 e. The molecule has 0 saturated heterocycles. The number of nitrogens with two attached hydrogens (primary N) is 1. The predicted molar refractivity (Wildman–Crippen MR) is 57.5 cm³/mol. The minimum absolute atomic E-state index is 0. The van der Waals surface area contributed by atoms with Crippen molar-refractivity contribution >= 4 is 49.6 Å². The summed E-state index contributed by atoms with van der Waals surface area (Å²) < 4.78 is 0. The number of hydrogen-bond acceptors (Lipinski definition) is 1. The topological polar surface area (TPSA) is 26.0 Å². The smallest absolute Gasteiger partial charge is 0.00748 e. The quantitative estimate of drug-likeness (QED) is 0.779. The zero-order chi connectivity index (χ0) is 4.99. The molecule has 0 aromatic rings. The van der Waals surface area contributed by atoms with Crippen LogP contribution in [0.4, 0.5) is 0 Å². The molecular formula is C5H17Cl4N. The first-order valence-electron chi connectivity index (χ1n) is 2.47. The molecule has 0 aliphatic rings. The fourth-order valence-electron chi connectivity index (χ4n) is 0.333. The van der Waals surface area contributed by atoms with Gasteiger partial charge in [0.15, 0.2) is 0 Å². The molecule has 0 heterocycles. The van der Waals surface area contributed by atoms with Crippen LogP contribution in [0.25, 0.3) is 0 Å². The van der Waals surface area contributed by atoms with Crippen molar-refractivity contribution < 1.29 is 0 Å². The summed E-state index contributed by atoms with van der Waals surface area (Å²) in [5.41, 5.74) is 5.23. The standard InChI is InChI=1S/C5H13N.4ClH/c1-5(2)3-4-6;;;;/h5H,3-4,6H2,1-2H3;4*1H. The SMILES string of the molecule is CC(C)CCN.Cl.Cl.Cl.Cl. The summed E-state index contributed by atoms with van der Waals surface area (Å²) in [7, 11) is 0. The van der Waals surface area contributed by atoms with Crippen LogP contribution in [0, 0.1) is 5.92 Å². The maximum Gasteiger partial charge on any atom is -0.00748 e. The van der Waals surface area contributed by atoms with E-state index in [1.165, 1.54) is 0 Å². The average Bonchev–Trinajstić information content (AvgIpc) is 1.35. The van der Waals surface area contributed by atoms with Crippen LogP contribution < -0.4 is 5.73 Å². The number of hydrogen-bond donors (Lipinski definition) is 1. The van der Waals surface area contributed by atoms with Crippen LogP contribution in [0.1, 0.15) is 20.3 Å². The largest absolute Gasteiger partial charge is 0.330 e. The van der Waals surface area contributed by atoms with Crippen LogP contribution in [0.5, 0.6) is 0 Å². The lowest BCUT2D eigenvalue weighted by molar-refractivity contribution is 0.596. The predicted octanol–water partition coefficient (Wildman–Crippen LogP) is 2.68. The van der Waals surface area contributed by atoms with Crippen LogP contribution in [0.15, 0.2) is 0 Å². The van der Waals surface area contributed by atoms with E-state index in [-0.39, 0.29) is 49.6 Å². The van der Waals surface area contributed by atoms with Gasteiger partial charge in [-0.2, -0.15) is 0 Å². The number of halogens is 4. The minimum atomic E-state index is 0. The molecule has 0 atom stereocenters. The molecule has 70 valence electrons. The number of rotatable bonds is 2. The fourth-order valence-corrected chi connectivity index (χ4v) is 0.333. The molecule has 0 aliphatic carbocycles. The van der Waals surface area contributed by atoms with Gasteiger partial charge in [-0.25, -0.2) is 0 Å². The Kier molecular flexibility index (Phi) is 68.3. The van der Waals surface area contributed by atoms with Crippen molar-refractivity contribution in [3.8, 4) is 0 Å². The maximum atomic E-state index is 5.23. The molecule has 0 amide bonds. The van der Waals surface area contributed by atoms with Gasteiger partial charge in [-0.1, -0.05) is 13.8 Å². The lowest BCUT2D eigenvalue weighted by atomic mass is 10.1. The lowest BCUT2D eigenvalue weighted by Gasteiger charge is -1.96. The third kappa shape index (κ3) is 35.4. The Bertz CT molecular complexity index is 34.8. The molecule has 10 heavy (non-hydrogen) atoms. The van der Waals surface area contributed by atoms with Gasteiger partial charge in [0.2, 0.25) is 0 Å². The highest BCUT2D eigenvalue weighted by molar-refractivity contribution is 5.86. The van der Waals surface area contributed by atoms with E-state index in [0.29, 0.717) is 0 Å². The first-order chi connectivity index (χ1) is 2.77. The Morgan fingerprint density at radius 2 is 1.30 bits per heavy atom. The first kappa shape index (κ1) is 30.4. The van der Waals surface area contributed by atoms with Crippen LogP contribution in [-0.2, 0) is 0 Å². The molecule has 5 heteroatoms. The summed E-state index contributed by atoms with van der Waals surface area (Å²) in [4.78, 5) is 0. The molecule has 2 N–H and O–H groups in total. The Labute approximate surface area is 88.2 Å². The van der Waals surface area contributed by atoms with Gasteiger partial charge < -0.3 is 5.73 Å². The highest BCUT2D eigenvalue weighted by atomic mass is 35.5. The van der Waals surface area contributed by atoms with Crippen LogP contribution >= 0.6 is 49.6 Å². The van der Waals surface area contributed by atoms with Crippen molar-refractivity contribution in [1.82, 2.24) is 0 Å². The normalized spacial score (nSPS) is 6.00. The van der Waals surface area contributed by atoms with E-state index >= 15 is 0 Å². The Hall–Kier alpha value is 1.12. The molecule has 1 nitrogen and oxygen atoms in total. The monoisotopic (exact) mass is 231 g/mol. The van der Waals surface area contributed by atoms with E-state index in [1.54, 1.807) is 0 Å². The third-order valence-electron chi connectivity index (χ3n) is 0.744. The van der Waals surface area contributed by atoms with Crippen molar-refractivity contribution in [2.24, 2.45) is 11.7 Å². The molecule has 0 spiro atoms. The molecule has 0 radical (unpaired) electrons. The van der Waals surface area contributed by atoms with E-state index in [1.807, 2.05) is 0 Å². The molecule has 0 saturated carbocycles. The van der Waals surface area contributed by atoms with Crippen molar-refractivity contribution in [3.63, 3.8) is 0 Å². The molecule has 0 fully saturated rings. The van der Waals surface area contributed by atoms with Crippen LogP contribution in [-0.4, -0.2) is 6.54 Å². The van der Waals surface area contributed by atoms with Crippen molar-refractivity contribution in [3.05, 3.63) is 0 Å². The zero-order valence-electron chi connectivity index (χ0n) is 6.20.